The van der Waals surface area contributed by atoms with E-state index in [4.69, 9.17) is 4.74 Å². The van der Waals surface area contributed by atoms with E-state index >= 15 is 0 Å². The Morgan fingerprint density at radius 3 is 2.72 bits per heavy atom. The van der Waals surface area contributed by atoms with Gasteiger partial charge >= 0.3 is 0 Å². The molecular weight excluding hydrogens is 406 g/mol. The maximum absolute atomic E-state index is 13.0. The average molecular weight is 438 g/mol. The number of fused-ring (bicyclic) bond motifs is 1. The van der Waals surface area contributed by atoms with Crippen LogP contribution in [0.1, 0.15) is 21.7 Å². The number of carbonyl (C=O) groups is 1. The van der Waals surface area contributed by atoms with Gasteiger partial charge in [-0.15, -0.1) is 0 Å². The second-order valence-corrected chi connectivity index (χ2v) is 8.30. The number of aromatic nitrogens is 3. The highest BCUT2D eigenvalue weighted by Crippen LogP contribution is 2.25. The third kappa shape index (κ3) is 5.00. The van der Waals surface area contributed by atoms with Crippen molar-refractivity contribution in [3.8, 4) is 0 Å². The number of rotatable bonds is 7. The maximum Gasteiger partial charge on any atom is 0.274 e. The molecule has 3 heterocycles. The highest BCUT2D eigenvalue weighted by Gasteiger charge is 2.15. The van der Waals surface area contributed by atoms with Crippen molar-refractivity contribution in [1.29, 1.82) is 0 Å². The van der Waals surface area contributed by atoms with E-state index in [-0.39, 0.29) is 5.91 Å². The normalized spacial score (nSPS) is 14.5. The largest absolute Gasteiger partial charge is 0.379 e. The van der Waals surface area contributed by atoms with E-state index in [1.807, 2.05) is 39.2 Å². The monoisotopic (exact) mass is 437 g/mol. The Bertz CT molecular complexity index is 1100. The number of amides is 1. The molecule has 4 rings (SSSR count). The van der Waals surface area contributed by atoms with Gasteiger partial charge in [0, 0.05) is 68.6 Å². The van der Waals surface area contributed by atoms with Crippen molar-refractivity contribution in [3.05, 3.63) is 41.2 Å². The van der Waals surface area contributed by atoms with E-state index in [0.717, 1.165) is 61.7 Å². The van der Waals surface area contributed by atoms with Crippen LogP contribution in [0.4, 0.5) is 17.5 Å². The number of hydrogen-bond donors (Lipinski definition) is 3. The number of aryl methyl sites for hydroxylation is 2. The fourth-order valence-corrected chi connectivity index (χ4v) is 3.74. The van der Waals surface area contributed by atoms with Crippen LogP contribution in [0.2, 0.25) is 0 Å². The summed E-state index contributed by atoms with van der Waals surface area (Å²) in [6.07, 6.45) is 0. The van der Waals surface area contributed by atoms with Gasteiger partial charge in [0.05, 0.1) is 13.2 Å². The van der Waals surface area contributed by atoms with E-state index in [2.05, 4.69) is 37.4 Å². The van der Waals surface area contributed by atoms with Gasteiger partial charge in [0.1, 0.15) is 11.5 Å². The molecule has 0 bridgehead atoms. The second kappa shape index (κ2) is 9.54. The van der Waals surface area contributed by atoms with Crippen molar-refractivity contribution in [2.75, 3.05) is 69.0 Å². The van der Waals surface area contributed by atoms with Gasteiger partial charge in [-0.25, -0.2) is 4.98 Å². The lowest BCUT2D eigenvalue weighted by Gasteiger charge is -2.26. The lowest BCUT2D eigenvalue weighted by atomic mass is 10.1. The number of ether oxygens (including phenoxy) is 1. The first-order chi connectivity index (χ1) is 15.4. The van der Waals surface area contributed by atoms with Crippen LogP contribution in [-0.4, -0.2) is 79.2 Å². The zero-order valence-corrected chi connectivity index (χ0v) is 19.2. The second-order valence-electron chi connectivity index (χ2n) is 8.30. The topological polar surface area (TPSA) is 98.4 Å². The summed E-state index contributed by atoms with van der Waals surface area (Å²) in [4.78, 5) is 29.5. The lowest BCUT2D eigenvalue weighted by molar-refractivity contribution is 0.0398. The average Bonchev–Trinajstić information content (AvgIpc) is 3.07. The van der Waals surface area contributed by atoms with Gasteiger partial charge in [0.15, 0.2) is 0 Å². The molecule has 1 aromatic carbocycles. The Morgan fingerprint density at radius 1 is 1.19 bits per heavy atom. The van der Waals surface area contributed by atoms with E-state index < -0.39 is 0 Å². The van der Waals surface area contributed by atoms with E-state index in [0.29, 0.717) is 17.5 Å². The SMILES string of the molecule is Cc1[nH]c2ccc(NC(=O)c3cc(NCCN4CCOCC4)nc(N(C)C)n3)cc2c1C. The molecule has 0 unspecified atom stereocenters. The van der Waals surface area contributed by atoms with Crippen LogP contribution in [0, 0.1) is 13.8 Å². The summed E-state index contributed by atoms with van der Waals surface area (Å²) in [5.41, 5.74) is 4.42. The Morgan fingerprint density at radius 2 is 1.97 bits per heavy atom. The van der Waals surface area contributed by atoms with Crippen LogP contribution < -0.4 is 15.5 Å². The Balaban J connectivity index is 1.48. The molecule has 1 aliphatic heterocycles. The van der Waals surface area contributed by atoms with Crippen molar-refractivity contribution in [1.82, 2.24) is 19.9 Å². The highest BCUT2D eigenvalue weighted by atomic mass is 16.5. The molecule has 0 saturated carbocycles. The Kier molecular flexibility index (Phi) is 6.57. The van der Waals surface area contributed by atoms with Gasteiger partial charge in [0.25, 0.3) is 5.91 Å². The van der Waals surface area contributed by atoms with Gasteiger partial charge in [-0.05, 0) is 37.6 Å². The van der Waals surface area contributed by atoms with Crippen LogP contribution in [0.3, 0.4) is 0 Å². The number of hydrogen-bond acceptors (Lipinski definition) is 7. The predicted octanol–water partition coefficient (Wildman–Crippen LogP) is 2.64. The van der Waals surface area contributed by atoms with Crippen LogP contribution in [-0.2, 0) is 4.74 Å². The summed E-state index contributed by atoms with van der Waals surface area (Å²) in [6.45, 7) is 9.16. The fourth-order valence-electron chi connectivity index (χ4n) is 3.74. The molecule has 1 fully saturated rings. The molecule has 32 heavy (non-hydrogen) atoms. The third-order valence-electron chi connectivity index (χ3n) is 5.75. The van der Waals surface area contributed by atoms with E-state index in [1.165, 1.54) is 5.56 Å². The van der Waals surface area contributed by atoms with Crippen LogP contribution in [0.15, 0.2) is 24.3 Å². The standard InChI is InChI=1S/C23H31N7O2/c1-15-16(2)25-19-6-5-17(13-18(15)19)26-22(31)20-14-21(28-23(27-20)29(3)4)24-7-8-30-9-11-32-12-10-30/h5-6,13-14,25H,7-12H2,1-4H3,(H,26,31)(H,24,27,28). The summed E-state index contributed by atoms with van der Waals surface area (Å²) in [7, 11) is 3.72. The number of benzene rings is 1. The first-order valence-corrected chi connectivity index (χ1v) is 10.9. The van der Waals surface area contributed by atoms with Crippen LogP contribution in [0.25, 0.3) is 10.9 Å². The molecule has 1 aliphatic rings. The van der Waals surface area contributed by atoms with Gasteiger partial charge < -0.3 is 25.3 Å². The third-order valence-corrected chi connectivity index (χ3v) is 5.75. The summed E-state index contributed by atoms with van der Waals surface area (Å²) in [5, 5.41) is 7.41. The van der Waals surface area contributed by atoms with Crippen molar-refractivity contribution in [3.63, 3.8) is 0 Å². The highest BCUT2D eigenvalue weighted by molar-refractivity contribution is 6.04. The number of anilines is 3. The number of nitrogens with one attached hydrogen (secondary N) is 3. The molecule has 0 atom stereocenters. The first kappa shape index (κ1) is 22.0. The molecule has 0 spiro atoms. The fraction of sp³-hybridized carbons (Fsp3) is 0.435. The Hall–Kier alpha value is -3.17. The number of H-pyrrole nitrogens is 1. The molecule has 9 heteroatoms. The van der Waals surface area contributed by atoms with E-state index in [9.17, 15) is 4.79 Å². The molecule has 170 valence electrons. The quantitative estimate of drug-likeness (QED) is 0.523. The minimum Gasteiger partial charge on any atom is -0.379 e. The Labute approximate surface area is 188 Å². The van der Waals surface area contributed by atoms with Crippen molar-refractivity contribution < 1.29 is 9.53 Å². The maximum atomic E-state index is 13.0. The molecular formula is C23H31N7O2. The summed E-state index contributed by atoms with van der Waals surface area (Å²) < 4.78 is 5.39. The lowest BCUT2D eigenvalue weighted by Crippen LogP contribution is -2.39. The number of carbonyl (C=O) groups excluding carboxylic acids is 1. The van der Waals surface area contributed by atoms with Crippen LogP contribution in [0.5, 0.6) is 0 Å². The molecule has 9 nitrogen and oxygen atoms in total. The zero-order chi connectivity index (χ0) is 22.7. The summed E-state index contributed by atoms with van der Waals surface area (Å²) in [5.74, 6) is 0.852. The molecule has 1 saturated heterocycles. The zero-order valence-electron chi connectivity index (χ0n) is 19.2. The molecule has 1 amide bonds. The summed E-state index contributed by atoms with van der Waals surface area (Å²) in [6, 6.07) is 7.56. The van der Waals surface area contributed by atoms with Gasteiger partial charge in [-0.1, -0.05) is 0 Å². The minimum atomic E-state index is -0.268. The molecule has 2 aromatic heterocycles. The number of morpholine rings is 1. The van der Waals surface area contributed by atoms with Crippen molar-refractivity contribution in [2.24, 2.45) is 0 Å². The summed E-state index contributed by atoms with van der Waals surface area (Å²) >= 11 is 0. The van der Waals surface area contributed by atoms with Gasteiger partial charge in [-0.3, -0.25) is 9.69 Å². The molecule has 3 aromatic rings. The van der Waals surface area contributed by atoms with Crippen molar-refractivity contribution >= 4 is 34.3 Å². The first-order valence-electron chi connectivity index (χ1n) is 10.9. The van der Waals surface area contributed by atoms with E-state index in [1.54, 1.807) is 11.0 Å². The smallest absolute Gasteiger partial charge is 0.274 e. The van der Waals surface area contributed by atoms with Crippen molar-refractivity contribution in [2.45, 2.75) is 13.8 Å². The molecule has 3 N–H and O–H groups in total. The number of aromatic amines is 1. The van der Waals surface area contributed by atoms with Gasteiger partial charge in [0.2, 0.25) is 5.95 Å². The molecule has 0 aliphatic carbocycles. The minimum absolute atomic E-state index is 0.268. The number of nitrogens with zero attached hydrogens (tertiary/aromatic N) is 4. The predicted molar refractivity (Wildman–Crippen MR) is 128 cm³/mol. The molecule has 0 radical (unpaired) electrons. The van der Waals surface area contributed by atoms with Gasteiger partial charge in [-0.2, -0.15) is 4.98 Å². The van der Waals surface area contributed by atoms with Crippen LogP contribution >= 0.6 is 0 Å².